The van der Waals surface area contributed by atoms with Crippen LogP contribution in [0.25, 0.3) is 22.6 Å². The molecule has 0 spiro atoms. The van der Waals surface area contributed by atoms with Crippen molar-refractivity contribution in [1.82, 2.24) is 10.3 Å². The Hall–Kier alpha value is -4.56. The summed E-state index contributed by atoms with van der Waals surface area (Å²) in [5.41, 5.74) is 3.98. The average Bonchev–Trinajstić information content (AvgIpc) is 3.32. The Morgan fingerprint density at radius 1 is 0.944 bits per heavy atom. The molecule has 0 unspecified atom stereocenters. The van der Waals surface area contributed by atoms with E-state index in [1.165, 1.54) is 12.1 Å². The number of nitrogens with zero attached hydrogens (tertiary/aromatic N) is 1. The number of carbonyl (C=O) groups is 1. The van der Waals surface area contributed by atoms with Crippen molar-refractivity contribution in [3.63, 3.8) is 0 Å². The van der Waals surface area contributed by atoms with Gasteiger partial charge in [0.15, 0.2) is 10.7 Å². The number of thiocarbonyl (C=S) groups is 1. The topological polar surface area (TPSA) is 76.4 Å². The maximum Gasteiger partial charge on any atom is 0.257 e. The minimum absolute atomic E-state index is 0.144. The molecule has 0 saturated carbocycles. The van der Waals surface area contributed by atoms with Gasteiger partial charge in [0, 0.05) is 16.8 Å². The highest BCUT2D eigenvalue weighted by molar-refractivity contribution is 7.80. The van der Waals surface area contributed by atoms with Gasteiger partial charge in [0.2, 0.25) is 5.89 Å². The zero-order valence-corrected chi connectivity index (χ0v) is 19.7. The summed E-state index contributed by atoms with van der Waals surface area (Å²) in [6.07, 6.45) is 0. The first-order valence-corrected chi connectivity index (χ1v) is 11.5. The van der Waals surface area contributed by atoms with E-state index in [4.69, 9.17) is 21.4 Å². The van der Waals surface area contributed by atoms with Crippen LogP contribution in [-0.4, -0.2) is 16.0 Å². The fourth-order valence-electron chi connectivity index (χ4n) is 3.50. The second-order valence-electron chi connectivity index (χ2n) is 7.92. The van der Waals surface area contributed by atoms with Crippen LogP contribution in [0, 0.1) is 5.82 Å². The lowest BCUT2D eigenvalue weighted by Crippen LogP contribution is -2.34. The number of rotatable bonds is 6. The number of benzene rings is 4. The quantitative estimate of drug-likeness (QED) is 0.267. The Kier molecular flexibility index (Phi) is 6.68. The molecular formula is C28H20FN3O3S. The lowest BCUT2D eigenvalue weighted by Gasteiger charge is -2.10. The summed E-state index contributed by atoms with van der Waals surface area (Å²) >= 11 is 5.30. The average molecular weight is 498 g/mol. The van der Waals surface area contributed by atoms with E-state index in [0.29, 0.717) is 46.2 Å². The fourth-order valence-corrected chi connectivity index (χ4v) is 3.71. The third kappa shape index (κ3) is 5.56. The van der Waals surface area contributed by atoms with Crippen molar-refractivity contribution >= 4 is 40.0 Å². The van der Waals surface area contributed by atoms with Gasteiger partial charge in [0.05, 0.1) is 0 Å². The van der Waals surface area contributed by atoms with Crippen LogP contribution in [0.4, 0.5) is 10.1 Å². The van der Waals surface area contributed by atoms with Gasteiger partial charge in [-0.25, -0.2) is 9.37 Å². The summed E-state index contributed by atoms with van der Waals surface area (Å²) < 4.78 is 24.7. The van der Waals surface area contributed by atoms with E-state index >= 15 is 0 Å². The molecule has 178 valence electrons. The Morgan fingerprint density at radius 3 is 2.44 bits per heavy atom. The number of anilines is 1. The van der Waals surface area contributed by atoms with Crippen molar-refractivity contribution < 1.29 is 18.3 Å². The highest BCUT2D eigenvalue weighted by atomic mass is 32.1. The number of halogens is 1. The Balaban J connectivity index is 1.18. The standard InChI is InChI=1S/C28H20FN3O3S/c29-21-10-6-20(7-11-21)27-31-24-16-22(12-15-25(24)35-27)30-28(36)32-26(33)19-8-13-23(14-9-19)34-17-18-4-2-1-3-5-18/h1-16H,17H2,(H2,30,32,33,36). The number of ether oxygens (including phenoxy) is 1. The van der Waals surface area contributed by atoms with Crippen molar-refractivity contribution in [3.8, 4) is 17.2 Å². The van der Waals surface area contributed by atoms with E-state index in [2.05, 4.69) is 15.6 Å². The van der Waals surface area contributed by atoms with Gasteiger partial charge < -0.3 is 14.5 Å². The molecule has 0 saturated heterocycles. The zero-order chi connectivity index (χ0) is 24.9. The van der Waals surface area contributed by atoms with Gasteiger partial charge in [0.1, 0.15) is 23.7 Å². The maximum absolute atomic E-state index is 13.2. The van der Waals surface area contributed by atoms with E-state index in [-0.39, 0.29) is 16.8 Å². The predicted molar refractivity (Wildman–Crippen MR) is 140 cm³/mol. The molecule has 0 atom stereocenters. The normalized spacial score (nSPS) is 10.7. The molecule has 0 radical (unpaired) electrons. The molecule has 0 bridgehead atoms. The molecule has 5 aromatic rings. The van der Waals surface area contributed by atoms with Gasteiger partial charge in [0.25, 0.3) is 5.91 Å². The largest absolute Gasteiger partial charge is 0.489 e. The van der Waals surface area contributed by atoms with E-state index in [1.54, 1.807) is 54.6 Å². The highest BCUT2D eigenvalue weighted by Crippen LogP contribution is 2.26. The summed E-state index contributed by atoms with van der Waals surface area (Å²) in [5.74, 6) is 0.374. The van der Waals surface area contributed by atoms with Gasteiger partial charge >= 0.3 is 0 Å². The third-order valence-corrected chi connectivity index (χ3v) is 5.53. The molecule has 36 heavy (non-hydrogen) atoms. The van der Waals surface area contributed by atoms with Gasteiger partial charge in [-0.2, -0.15) is 0 Å². The number of hydrogen-bond donors (Lipinski definition) is 2. The summed E-state index contributed by atoms with van der Waals surface area (Å²) in [6, 6.07) is 27.8. The third-order valence-electron chi connectivity index (χ3n) is 5.33. The number of amides is 1. The predicted octanol–water partition coefficient (Wildman–Crippen LogP) is 6.34. The minimum atomic E-state index is -0.344. The number of carbonyl (C=O) groups excluding carboxylic acids is 1. The molecule has 4 aromatic carbocycles. The van der Waals surface area contributed by atoms with Gasteiger partial charge in [-0.3, -0.25) is 10.1 Å². The van der Waals surface area contributed by atoms with E-state index in [0.717, 1.165) is 5.56 Å². The summed E-state index contributed by atoms with van der Waals surface area (Å²) in [4.78, 5) is 17.1. The number of fused-ring (bicyclic) bond motifs is 1. The molecule has 1 aromatic heterocycles. The van der Waals surface area contributed by atoms with E-state index < -0.39 is 0 Å². The van der Waals surface area contributed by atoms with Crippen molar-refractivity contribution in [2.45, 2.75) is 6.61 Å². The van der Waals surface area contributed by atoms with E-state index in [9.17, 15) is 9.18 Å². The molecule has 0 aliphatic carbocycles. The van der Waals surface area contributed by atoms with Crippen LogP contribution in [0.3, 0.4) is 0 Å². The van der Waals surface area contributed by atoms with Crippen LogP contribution < -0.4 is 15.4 Å². The van der Waals surface area contributed by atoms with Crippen molar-refractivity contribution in [2.75, 3.05) is 5.32 Å². The smallest absolute Gasteiger partial charge is 0.257 e. The Labute approximate surface area is 211 Å². The second kappa shape index (κ2) is 10.4. The lowest BCUT2D eigenvalue weighted by atomic mass is 10.2. The molecular weight excluding hydrogens is 477 g/mol. The summed E-state index contributed by atoms with van der Waals surface area (Å²) in [5, 5.41) is 5.80. The van der Waals surface area contributed by atoms with Crippen LogP contribution in [0.2, 0.25) is 0 Å². The highest BCUT2D eigenvalue weighted by Gasteiger charge is 2.11. The van der Waals surface area contributed by atoms with E-state index in [1.807, 2.05) is 30.3 Å². The summed E-state index contributed by atoms with van der Waals surface area (Å²) in [7, 11) is 0. The second-order valence-corrected chi connectivity index (χ2v) is 8.32. The SMILES string of the molecule is O=C(NC(=S)Nc1ccc2oc(-c3ccc(F)cc3)nc2c1)c1ccc(OCc2ccccc2)cc1. The van der Waals surface area contributed by atoms with Gasteiger partial charge in [-0.05, 0) is 84.5 Å². The molecule has 2 N–H and O–H groups in total. The van der Waals surface area contributed by atoms with Crippen LogP contribution in [-0.2, 0) is 6.61 Å². The minimum Gasteiger partial charge on any atom is -0.489 e. The van der Waals surface area contributed by atoms with Crippen molar-refractivity contribution in [2.24, 2.45) is 0 Å². The van der Waals surface area contributed by atoms with Crippen molar-refractivity contribution in [3.05, 3.63) is 114 Å². The first-order chi connectivity index (χ1) is 17.5. The molecule has 5 rings (SSSR count). The molecule has 1 heterocycles. The number of hydrogen-bond acceptors (Lipinski definition) is 5. The molecule has 0 fully saturated rings. The monoisotopic (exact) mass is 497 g/mol. The fraction of sp³-hybridized carbons (Fsp3) is 0.0357. The van der Waals surface area contributed by atoms with Gasteiger partial charge in [-0.15, -0.1) is 0 Å². The molecule has 6 nitrogen and oxygen atoms in total. The van der Waals surface area contributed by atoms with Crippen LogP contribution >= 0.6 is 12.2 Å². The van der Waals surface area contributed by atoms with Crippen LogP contribution in [0.15, 0.2) is 101 Å². The molecule has 0 aliphatic heterocycles. The molecule has 0 aliphatic rings. The van der Waals surface area contributed by atoms with Gasteiger partial charge in [-0.1, -0.05) is 30.3 Å². The van der Waals surface area contributed by atoms with Crippen molar-refractivity contribution in [1.29, 1.82) is 0 Å². The zero-order valence-electron chi connectivity index (χ0n) is 18.9. The van der Waals surface area contributed by atoms with Crippen LogP contribution in [0.5, 0.6) is 5.75 Å². The number of oxazole rings is 1. The molecule has 1 amide bonds. The molecule has 8 heteroatoms. The van der Waals surface area contributed by atoms with Crippen LogP contribution in [0.1, 0.15) is 15.9 Å². The lowest BCUT2D eigenvalue weighted by molar-refractivity contribution is 0.0977. The first kappa shape index (κ1) is 23.2. The first-order valence-electron chi connectivity index (χ1n) is 11.1. The number of aromatic nitrogens is 1. The Bertz CT molecular complexity index is 1520. The maximum atomic E-state index is 13.2. The Morgan fingerprint density at radius 2 is 1.69 bits per heavy atom. The number of nitrogens with one attached hydrogen (secondary N) is 2. The summed E-state index contributed by atoms with van der Waals surface area (Å²) in [6.45, 7) is 0.446.